The van der Waals surface area contributed by atoms with Gasteiger partial charge in [0.2, 0.25) is 0 Å². The summed E-state index contributed by atoms with van der Waals surface area (Å²) in [6.45, 7) is 21.2. The van der Waals surface area contributed by atoms with Crippen LogP contribution in [0.3, 0.4) is 0 Å². The van der Waals surface area contributed by atoms with Crippen LogP contribution in [0.15, 0.2) is 0 Å². The topological polar surface area (TPSA) is 38.1 Å². The first-order valence-electron chi connectivity index (χ1n) is 8.95. The minimum Gasteiger partial charge on any atom is -0.318 e. The Kier molecular flexibility index (Phi) is 6.43. The van der Waals surface area contributed by atoms with Crippen LogP contribution in [0.4, 0.5) is 4.79 Å². The first kappa shape index (κ1) is 19.7. The Bertz CT molecular complexity index is 531. The minimum atomic E-state index is -0.00694. The summed E-state index contributed by atoms with van der Waals surface area (Å²) in [7, 11) is 0. The highest BCUT2D eigenvalue weighted by Crippen LogP contribution is 2.33. The van der Waals surface area contributed by atoms with Gasteiger partial charge >= 0.3 is 6.03 Å². The van der Waals surface area contributed by atoms with Crippen molar-refractivity contribution >= 4 is 6.03 Å². The van der Waals surface area contributed by atoms with Crippen LogP contribution < -0.4 is 0 Å². The molecule has 1 aromatic rings. The molecule has 0 atom stereocenters. The van der Waals surface area contributed by atoms with Crippen molar-refractivity contribution in [1.82, 2.24) is 14.7 Å². The van der Waals surface area contributed by atoms with Gasteiger partial charge < -0.3 is 4.90 Å². The second-order valence-corrected chi connectivity index (χ2v) is 7.94. The van der Waals surface area contributed by atoms with Gasteiger partial charge in [-0.05, 0) is 45.4 Å². The number of rotatable bonds is 5. The maximum Gasteiger partial charge on any atom is 0.345 e. The quantitative estimate of drug-likeness (QED) is 0.734. The van der Waals surface area contributed by atoms with Gasteiger partial charge in [0.1, 0.15) is 0 Å². The van der Waals surface area contributed by atoms with Gasteiger partial charge in [-0.25, -0.2) is 4.79 Å². The van der Waals surface area contributed by atoms with Gasteiger partial charge in [0.25, 0.3) is 0 Å². The lowest BCUT2D eigenvalue weighted by molar-refractivity contribution is 0.162. The van der Waals surface area contributed by atoms with Crippen LogP contribution in [0, 0.1) is 0 Å². The lowest BCUT2D eigenvalue weighted by Gasteiger charge is -2.31. The molecule has 0 unspecified atom stereocenters. The van der Waals surface area contributed by atoms with Crippen molar-refractivity contribution in [2.45, 2.75) is 99.1 Å². The molecule has 0 fully saturated rings. The average molecular weight is 322 g/mol. The van der Waals surface area contributed by atoms with Crippen molar-refractivity contribution in [2.24, 2.45) is 0 Å². The molecule has 0 spiro atoms. The van der Waals surface area contributed by atoms with E-state index in [-0.39, 0.29) is 24.0 Å². The molecule has 0 aromatic carbocycles. The molecule has 0 aliphatic rings. The Labute approximate surface area is 142 Å². The molecule has 23 heavy (non-hydrogen) atoms. The van der Waals surface area contributed by atoms with E-state index < -0.39 is 0 Å². The molecule has 0 aliphatic carbocycles. The Balaban J connectivity index is 3.58. The minimum absolute atomic E-state index is 0.00694. The van der Waals surface area contributed by atoms with E-state index in [2.05, 4.69) is 69.2 Å². The molecule has 0 saturated heterocycles. The maximum atomic E-state index is 13.2. The summed E-state index contributed by atoms with van der Waals surface area (Å²) in [4.78, 5) is 15.1. The van der Waals surface area contributed by atoms with Crippen molar-refractivity contribution in [3.63, 3.8) is 0 Å². The monoisotopic (exact) mass is 321 g/mol. The number of amides is 1. The number of carbonyl (C=O) groups excluding carboxylic acids is 1. The number of nitrogens with zero attached hydrogens (tertiary/aromatic N) is 3. The Morgan fingerprint density at radius 3 is 1.61 bits per heavy atom. The summed E-state index contributed by atoms with van der Waals surface area (Å²) in [5.74, 6) is 0.931. The van der Waals surface area contributed by atoms with Crippen LogP contribution >= 0.6 is 0 Å². The fourth-order valence-corrected chi connectivity index (χ4v) is 3.33. The van der Waals surface area contributed by atoms with E-state index in [1.165, 1.54) is 5.56 Å². The molecular weight excluding hydrogens is 286 g/mol. The first-order chi connectivity index (χ1) is 10.5. The van der Waals surface area contributed by atoms with E-state index in [4.69, 9.17) is 5.10 Å². The predicted molar refractivity (Wildman–Crippen MR) is 97.4 cm³/mol. The van der Waals surface area contributed by atoms with E-state index in [0.717, 1.165) is 11.4 Å². The molecule has 0 N–H and O–H groups in total. The zero-order chi connectivity index (χ0) is 18.1. The third-order valence-corrected chi connectivity index (χ3v) is 4.17. The molecule has 0 radical (unpaired) electrons. The summed E-state index contributed by atoms with van der Waals surface area (Å²) in [5.41, 5.74) is 3.38. The van der Waals surface area contributed by atoms with Gasteiger partial charge in [0.15, 0.2) is 0 Å². The van der Waals surface area contributed by atoms with Crippen molar-refractivity contribution in [3.05, 3.63) is 17.0 Å². The highest BCUT2D eigenvalue weighted by molar-refractivity contribution is 5.78. The zero-order valence-corrected chi connectivity index (χ0v) is 16.6. The third kappa shape index (κ3) is 3.96. The first-order valence-corrected chi connectivity index (χ1v) is 8.95. The van der Waals surface area contributed by atoms with E-state index in [9.17, 15) is 4.79 Å². The smallest absolute Gasteiger partial charge is 0.318 e. The molecule has 1 rings (SSSR count). The standard InChI is InChI=1S/C19H35N3O/c1-11(2)16-17(12(3)4)20-22(18(16)13(5)6)19(23)21(14(7)8)15(9)10/h11-15H,1-10H3. The van der Waals surface area contributed by atoms with Crippen molar-refractivity contribution in [3.8, 4) is 0 Å². The average Bonchev–Trinajstić information content (AvgIpc) is 2.77. The second-order valence-electron chi connectivity index (χ2n) is 7.94. The fraction of sp³-hybridized carbons (Fsp3) is 0.789. The van der Waals surface area contributed by atoms with Crippen molar-refractivity contribution < 1.29 is 4.79 Å². The summed E-state index contributed by atoms with van der Waals surface area (Å²) < 4.78 is 1.68. The highest BCUT2D eigenvalue weighted by atomic mass is 16.2. The fourth-order valence-electron chi connectivity index (χ4n) is 3.33. The van der Waals surface area contributed by atoms with Crippen molar-refractivity contribution in [1.29, 1.82) is 0 Å². The normalized spacial score (nSPS) is 12.3. The summed E-state index contributed by atoms with van der Waals surface area (Å²) >= 11 is 0. The number of carbonyl (C=O) groups is 1. The Morgan fingerprint density at radius 2 is 1.30 bits per heavy atom. The maximum absolute atomic E-state index is 13.2. The molecule has 0 aliphatic heterocycles. The van der Waals surface area contributed by atoms with Gasteiger partial charge in [-0.3, -0.25) is 0 Å². The van der Waals surface area contributed by atoms with Crippen molar-refractivity contribution in [2.75, 3.05) is 0 Å². The Morgan fingerprint density at radius 1 is 0.826 bits per heavy atom. The molecule has 1 aromatic heterocycles. The van der Waals surface area contributed by atoms with E-state index in [0.29, 0.717) is 11.8 Å². The molecule has 4 heteroatoms. The largest absolute Gasteiger partial charge is 0.345 e. The van der Waals surface area contributed by atoms with Crippen LogP contribution in [0.2, 0.25) is 0 Å². The van der Waals surface area contributed by atoms with Gasteiger partial charge in [-0.2, -0.15) is 9.78 Å². The molecule has 4 nitrogen and oxygen atoms in total. The molecule has 0 saturated carbocycles. The molecule has 1 heterocycles. The van der Waals surface area contributed by atoms with Crippen LogP contribution in [0.5, 0.6) is 0 Å². The lowest BCUT2D eigenvalue weighted by Crippen LogP contribution is -2.45. The number of hydrogen-bond acceptors (Lipinski definition) is 2. The molecule has 1 amide bonds. The number of aromatic nitrogens is 2. The van der Waals surface area contributed by atoms with E-state index >= 15 is 0 Å². The summed E-state index contributed by atoms with van der Waals surface area (Å²) in [6.07, 6.45) is 0. The zero-order valence-electron chi connectivity index (χ0n) is 16.6. The molecular formula is C19H35N3O. The van der Waals surface area contributed by atoms with Gasteiger partial charge in [0, 0.05) is 17.6 Å². The predicted octanol–water partition coefficient (Wildman–Crippen LogP) is 5.34. The summed E-state index contributed by atoms with van der Waals surface area (Å²) in [6, 6.07) is 0.293. The van der Waals surface area contributed by atoms with E-state index in [1.54, 1.807) is 4.68 Å². The van der Waals surface area contributed by atoms with Gasteiger partial charge in [0.05, 0.1) is 11.4 Å². The van der Waals surface area contributed by atoms with Crippen LogP contribution in [0.1, 0.15) is 104 Å². The Hall–Kier alpha value is -1.32. The van der Waals surface area contributed by atoms with Crippen LogP contribution in [0.25, 0.3) is 0 Å². The van der Waals surface area contributed by atoms with Gasteiger partial charge in [-0.1, -0.05) is 41.5 Å². The van der Waals surface area contributed by atoms with E-state index in [1.807, 2.05) is 4.90 Å². The SMILES string of the molecule is CC(C)c1nn(C(=O)N(C(C)C)C(C)C)c(C(C)C)c1C(C)C. The van der Waals surface area contributed by atoms with Crippen LogP contribution in [-0.4, -0.2) is 32.8 Å². The highest BCUT2D eigenvalue weighted by Gasteiger charge is 2.30. The number of hydrogen-bond donors (Lipinski definition) is 0. The van der Waals surface area contributed by atoms with Crippen LogP contribution in [-0.2, 0) is 0 Å². The lowest BCUT2D eigenvalue weighted by atomic mass is 9.91. The summed E-state index contributed by atoms with van der Waals surface area (Å²) in [5, 5.41) is 4.76. The third-order valence-electron chi connectivity index (χ3n) is 4.17. The molecule has 0 bridgehead atoms. The molecule has 132 valence electrons. The second kappa shape index (κ2) is 7.50. The van der Waals surface area contributed by atoms with Gasteiger partial charge in [-0.15, -0.1) is 0 Å².